The van der Waals surface area contributed by atoms with E-state index < -0.39 is 4.92 Å². The van der Waals surface area contributed by atoms with Gasteiger partial charge < -0.3 is 9.88 Å². The molecule has 0 unspecified atom stereocenters. The molecule has 21 heavy (non-hydrogen) atoms. The van der Waals surface area contributed by atoms with Crippen molar-refractivity contribution in [2.75, 3.05) is 11.9 Å². The molecule has 2 rings (SSSR count). The van der Waals surface area contributed by atoms with Crippen molar-refractivity contribution in [3.05, 3.63) is 44.9 Å². The zero-order valence-corrected chi connectivity index (χ0v) is 13.4. The molecule has 0 aliphatic heterocycles. The number of nitro benzene ring substituents is 1. The van der Waals surface area contributed by atoms with Crippen molar-refractivity contribution in [1.82, 2.24) is 14.8 Å². The Kier molecular flexibility index (Phi) is 4.89. The Morgan fingerprint density at radius 1 is 1.48 bits per heavy atom. The van der Waals surface area contributed by atoms with Gasteiger partial charge in [0.25, 0.3) is 5.69 Å². The summed E-state index contributed by atoms with van der Waals surface area (Å²) in [5, 5.41) is 22.1. The summed E-state index contributed by atoms with van der Waals surface area (Å²) in [5.74, 6) is 0.857. The molecule has 0 amide bonds. The zero-order valence-electron chi connectivity index (χ0n) is 11.8. The second kappa shape index (κ2) is 6.66. The summed E-state index contributed by atoms with van der Waals surface area (Å²) in [4.78, 5) is 10.6. The van der Waals surface area contributed by atoms with Gasteiger partial charge in [-0.25, -0.2) is 0 Å². The Morgan fingerprint density at radius 2 is 2.24 bits per heavy atom. The molecular formula is C13H16BrN5O2. The first-order valence-electron chi connectivity index (χ1n) is 6.55. The molecule has 112 valence electrons. The van der Waals surface area contributed by atoms with Crippen molar-refractivity contribution in [3.63, 3.8) is 0 Å². The third kappa shape index (κ3) is 3.78. The summed E-state index contributed by atoms with van der Waals surface area (Å²) in [6.45, 7) is 4.65. The highest BCUT2D eigenvalue weighted by molar-refractivity contribution is 9.10. The number of hydrogen-bond acceptors (Lipinski definition) is 5. The highest BCUT2D eigenvalue weighted by Crippen LogP contribution is 2.27. The summed E-state index contributed by atoms with van der Waals surface area (Å²) in [5.41, 5.74) is 0.550. The Hall–Kier alpha value is -1.96. The van der Waals surface area contributed by atoms with Gasteiger partial charge in [-0.05, 0) is 26.0 Å². The van der Waals surface area contributed by atoms with Crippen molar-refractivity contribution in [2.24, 2.45) is 0 Å². The minimum atomic E-state index is -0.397. The van der Waals surface area contributed by atoms with Crippen LogP contribution in [0, 0.1) is 10.1 Å². The molecule has 0 radical (unpaired) electrons. The molecule has 1 aromatic carbocycles. The number of rotatable bonds is 6. The SMILES string of the molecule is CC(C)n1cnnc1CCNc1cc(Br)ccc1[N+](=O)[O-]. The first-order valence-corrected chi connectivity index (χ1v) is 7.34. The lowest BCUT2D eigenvalue weighted by Gasteiger charge is -2.11. The molecule has 2 aromatic rings. The van der Waals surface area contributed by atoms with E-state index in [-0.39, 0.29) is 11.7 Å². The second-order valence-electron chi connectivity index (χ2n) is 4.84. The van der Waals surface area contributed by atoms with Crippen LogP contribution in [0.25, 0.3) is 0 Å². The quantitative estimate of drug-likeness (QED) is 0.636. The molecule has 0 atom stereocenters. The summed E-state index contributed by atoms with van der Waals surface area (Å²) >= 11 is 3.32. The maximum atomic E-state index is 11.0. The first kappa shape index (κ1) is 15.4. The minimum Gasteiger partial charge on any atom is -0.379 e. The number of nitrogens with zero attached hydrogens (tertiary/aromatic N) is 4. The Bertz CT molecular complexity index is 641. The molecular weight excluding hydrogens is 338 g/mol. The maximum Gasteiger partial charge on any atom is 0.292 e. The summed E-state index contributed by atoms with van der Waals surface area (Å²) in [6.07, 6.45) is 2.34. The van der Waals surface area contributed by atoms with Crippen LogP contribution in [0.15, 0.2) is 29.0 Å². The number of benzene rings is 1. The normalized spacial score (nSPS) is 10.9. The highest BCUT2D eigenvalue weighted by Gasteiger charge is 2.14. The maximum absolute atomic E-state index is 11.0. The fourth-order valence-corrected chi connectivity index (χ4v) is 2.36. The molecule has 1 aromatic heterocycles. The van der Waals surface area contributed by atoms with Crippen LogP contribution in [0.1, 0.15) is 25.7 Å². The van der Waals surface area contributed by atoms with Crippen LogP contribution < -0.4 is 5.32 Å². The number of halogens is 1. The van der Waals surface area contributed by atoms with Gasteiger partial charge in [-0.2, -0.15) is 0 Å². The van der Waals surface area contributed by atoms with Gasteiger partial charge in [0.15, 0.2) is 0 Å². The van der Waals surface area contributed by atoms with Crippen molar-refractivity contribution in [3.8, 4) is 0 Å². The topological polar surface area (TPSA) is 85.9 Å². The van der Waals surface area contributed by atoms with Gasteiger partial charge in [-0.1, -0.05) is 15.9 Å². The predicted molar refractivity (Wildman–Crippen MR) is 83.4 cm³/mol. The standard InChI is InChI=1S/C13H16BrN5O2/c1-9(2)18-8-16-17-13(18)5-6-15-11-7-10(14)3-4-12(11)19(20)21/h3-4,7-9,15H,5-6H2,1-2H3. The van der Waals surface area contributed by atoms with Crippen molar-refractivity contribution in [1.29, 1.82) is 0 Å². The molecule has 0 aliphatic carbocycles. The molecule has 0 aliphatic rings. The van der Waals surface area contributed by atoms with E-state index in [0.717, 1.165) is 10.3 Å². The molecule has 0 saturated carbocycles. The molecule has 7 nitrogen and oxygen atoms in total. The summed E-state index contributed by atoms with van der Waals surface area (Å²) in [7, 11) is 0. The lowest BCUT2D eigenvalue weighted by molar-refractivity contribution is -0.384. The monoisotopic (exact) mass is 353 g/mol. The summed E-state index contributed by atoms with van der Waals surface area (Å²) < 4.78 is 2.78. The second-order valence-corrected chi connectivity index (χ2v) is 5.76. The van der Waals surface area contributed by atoms with Crippen molar-refractivity contribution >= 4 is 27.3 Å². The van der Waals surface area contributed by atoms with Crippen molar-refractivity contribution < 1.29 is 4.92 Å². The van der Waals surface area contributed by atoms with Crippen molar-refractivity contribution in [2.45, 2.75) is 26.3 Å². The van der Waals surface area contributed by atoms with Gasteiger partial charge in [0.1, 0.15) is 17.8 Å². The minimum absolute atomic E-state index is 0.0588. The lowest BCUT2D eigenvalue weighted by Crippen LogP contribution is -2.12. The van der Waals surface area contributed by atoms with E-state index in [2.05, 4.69) is 45.3 Å². The molecule has 0 fully saturated rings. The van der Waals surface area contributed by atoms with E-state index in [0.29, 0.717) is 18.7 Å². The number of anilines is 1. The largest absolute Gasteiger partial charge is 0.379 e. The van der Waals surface area contributed by atoms with Gasteiger partial charge in [0, 0.05) is 29.5 Å². The molecule has 0 spiro atoms. The number of hydrogen-bond donors (Lipinski definition) is 1. The molecule has 0 saturated heterocycles. The predicted octanol–water partition coefficient (Wildman–Crippen LogP) is 3.18. The van der Waals surface area contributed by atoms with E-state index >= 15 is 0 Å². The number of aromatic nitrogens is 3. The average Bonchev–Trinajstić information content (AvgIpc) is 2.87. The Balaban J connectivity index is 2.05. The number of nitro groups is 1. The smallest absolute Gasteiger partial charge is 0.292 e. The van der Waals surface area contributed by atoms with E-state index in [4.69, 9.17) is 0 Å². The summed E-state index contributed by atoms with van der Waals surface area (Å²) in [6, 6.07) is 5.11. The lowest BCUT2D eigenvalue weighted by atomic mass is 10.2. The van der Waals surface area contributed by atoms with E-state index in [1.54, 1.807) is 18.5 Å². The van der Waals surface area contributed by atoms with E-state index in [1.807, 2.05) is 4.57 Å². The van der Waals surface area contributed by atoms with E-state index in [9.17, 15) is 10.1 Å². The fourth-order valence-electron chi connectivity index (χ4n) is 1.99. The van der Waals surface area contributed by atoms with Gasteiger partial charge in [-0.15, -0.1) is 10.2 Å². The fraction of sp³-hybridized carbons (Fsp3) is 0.385. The Labute approximate surface area is 130 Å². The Morgan fingerprint density at radius 3 is 2.90 bits per heavy atom. The molecule has 8 heteroatoms. The molecule has 1 heterocycles. The highest BCUT2D eigenvalue weighted by atomic mass is 79.9. The van der Waals surface area contributed by atoms with Gasteiger partial charge >= 0.3 is 0 Å². The molecule has 1 N–H and O–H groups in total. The number of nitrogens with one attached hydrogen (secondary N) is 1. The van der Waals surface area contributed by atoms with E-state index in [1.165, 1.54) is 6.07 Å². The van der Waals surface area contributed by atoms with Crippen LogP contribution in [0.5, 0.6) is 0 Å². The third-order valence-electron chi connectivity index (χ3n) is 3.02. The van der Waals surface area contributed by atoms with Gasteiger partial charge in [0.2, 0.25) is 0 Å². The van der Waals surface area contributed by atoms with Crippen LogP contribution in [0.4, 0.5) is 11.4 Å². The molecule has 0 bridgehead atoms. The van der Waals surface area contributed by atoms with Crippen LogP contribution in [0.2, 0.25) is 0 Å². The van der Waals surface area contributed by atoms with Gasteiger partial charge in [0.05, 0.1) is 4.92 Å². The van der Waals surface area contributed by atoms with Crippen LogP contribution >= 0.6 is 15.9 Å². The third-order valence-corrected chi connectivity index (χ3v) is 3.52. The zero-order chi connectivity index (χ0) is 15.4. The average molecular weight is 354 g/mol. The van der Waals surface area contributed by atoms with Crippen LogP contribution in [-0.4, -0.2) is 26.2 Å². The van der Waals surface area contributed by atoms with Crippen LogP contribution in [-0.2, 0) is 6.42 Å². The van der Waals surface area contributed by atoms with Crippen LogP contribution in [0.3, 0.4) is 0 Å². The van der Waals surface area contributed by atoms with Gasteiger partial charge in [-0.3, -0.25) is 10.1 Å². The first-order chi connectivity index (χ1) is 9.99.